The van der Waals surface area contributed by atoms with Gasteiger partial charge < -0.3 is 0 Å². The van der Waals surface area contributed by atoms with E-state index in [9.17, 15) is 0 Å². The molecular weight excluding hydrogens is 456 g/mol. The Balaban J connectivity index is 1.58. The lowest BCUT2D eigenvalue weighted by Gasteiger charge is -2.16. The van der Waals surface area contributed by atoms with Crippen LogP contribution in [0.1, 0.15) is 37.3 Å². The van der Waals surface area contributed by atoms with Crippen LogP contribution in [-0.2, 0) is 0 Å². The Bertz CT molecular complexity index is 1590. The SMILES string of the molecule is C=CC(=C)c1cccc(-c2cc(-c3cccc(-c4cccc(-c5ccccc5)c4)c3)cc(C(C)CC)c2)c1. The summed E-state index contributed by atoms with van der Waals surface area (Å²) >= 11 is 0. The molecule has 0 aliphatic rings. The fraction of sp³-hybridized carbons (Fsp3) is 0.105. The molecule has 0 aliphatic heterocycles. The van der Waals surface area contributed by atoms with Gasteiger partial charge in [0.1, 0.15) is 0 Å². The van der Waals surface area contributed by atoms with Gasteiger partial charge in [-0.1, -0.05) is 130 Å². The van der Waals surface area contributed by atoms with Gasteiger partial charge in [0.05, 0.1) is 0 Å². The molecule has 0 heterocycles. The highest BCUT2D eigenvalue weighted by atomic mass is 14.2. The molecule has 0 aromatic heterocycles. The lowest BCUT2D eigenvalue weighted by Crippen LogP contribution is -1.94. The second-order valence-corrected chi connectivity index (χ2v) is 9.99. The van der Waals surface area contributed by atoms with Gasteiger partial charge in [-0.15, -0.1) is 0 Å². The molecule has 5 aromatic rings. The van der Waals surface area contributed by atoms with Gasteiger partial charge in [-0.2, -0.15) is 0 Å². The maximum Gasteiger partial charge on any atom is -0.0175 e. The molecule has 0 N–H and O–H groups in total. The Kier molecular flexibility index (Phi) is 7.52. The summed E-state index contributed by atoms with van der Waals surface area (Å²) in [6, 6.07) is 43.9. The van der Waals surface area contributed by atoms with E-state index in [1.807, 2.05) is 6.08 Å². The van der Waals surface area contributed by atoms with E-state index in [0.717, 1.165) is 17.6 Å². The first kappa shape index (κ1) is 25.2. The molecule has 38 heavy (non-hydrogen) atoms. The Morgan fingerprint density at radius 1 is 0.579 bits per heavy atom. The Morgan fingerprint density at radius 2 is 1.03 bits per heavy atom. The lowest BCUT2D eigenvalue weighted by atomic mass is 9.89. The van der Waals surface area contributed by atoms with E-state index >= 15 is 0 Å². The highest BCUT2D eigenvalue weighted by Crippen LogP contribution is 2.35. The third-order valence-corrected chi connectivity index (χ3v) is 7.45. The van der Waals surface area contributed by atoms with Gasteiger partial charge in [0.25, 0.3) is 0 Å². The smallest absolute Gasteiger partial charge is 0.0175 e. The highest BCUT2D eigenvalue weighted by Gasteiger charge is 2.11. The van der Waals surface area contributed by atoms with Crippen molar-refractivity contribution in [2.45, 2.75) is 26.2 Å². The van der Waals surface area contributed by atoms with Crippen LogP contribution in [0, 0.1) is 0 Å². The van der Waals surface area contributed by atoms with Gasteiger partial charge in [-0.3, -0.25) is 0 Å². The van der Waals surface area contributed by atoms with Crippen molar-refractivity contribution < 1.29 is 0 Å². The standard InChI is InChI=1S/C38H34/c1-5-27(3)30-15-10-19-34(21-30)37-24-36(28(4)6-2)25-38(26-37)35-20-12-18-33(23-35)32-17-11-16-31(22-32)29-13-8-7-9-14-29/h5,7-26,28H,1,3,6H2,2,4H3. The molecule has 0 aliphatic carbocycles. The predicted molar refractivity (Wildman–Crippen MR) is 166 cm³/mol. The molecule has 186 valence electrons. The summed E-state index contributed by atoms with van der Waals surface area (Å²) in [5.74, 6) is 0.478. The Labute approximate surface area is 227 Å². The van der Waals surface area contributed by atoms with E-state index in [-0.39, 0.29) is 0 Å². The molecule has 5 aromatic carbocycles. The number of allylic oxidation sites excluding steroid dienone is 2. The Hall–Kier alpha value is -4.42. The third-order valence-electron chi connectivity index (χ3n) is 7.45. The first-order chi connectivity index (χ1) is 18.6. The van der Waals surface area contributed by atoms with Crippen LogP contribution in [0.3, 0.4) is 0 Å². The number of hydrogen-bond donors (Lipinski definition) is 0. The molecule has 1 unspecified atom stereocenters. The summed E-state index contributed by atoms with van der Waals surface area (Å²) in [5, 5.41) is 0. The number of hydrogen-bond acceptors (Lipinski definition) is 0. The molecule has 0 saturated heterocycles. The van der Waals surface area contributed by atoms with Crippen molar-refractivity contribution in [1.29, 1.82) is 0 Å². The van der Waals surface area contributed by atoms with Crippen LogP contribution >= 0.6 is 0 Å². The maximum atomic E-state index is 4.15. The van der Waals surface area contributed by atoms with E-state index in [0.29, 0.717) is 5.92 Å². The molecule has 0 bridgehead atoms. The van der Waals surface area contributed by atoms with Crippen LogP contribution in [0.2, 0.25) is 0 Å². The van der Waals surface area contributed by atoms with Crippen LogP contribution < -0.4 is 0 Å². The van der Waals surface area contributed by atoms with Crippen molar-refractivity contribution in [3.63, 3.8) is 0 Å². The van der Waals surface area contributed by atoms with E-state index < -0.39 is 0 Å². The monoisotopic (exact) mass is 490 g/mol. The van der Waals surface area contributed by atoms with Crippen molar-refractivity contribution in [3.8, 4) is 44.5 Å². The zero-order valence-electron chi connectivity index (χ0n) is 22.3. The van der Waals surface area contributed by atoms with Crippen molar-refractivity contribution in [2.75, 3.05) is 0 Å². The highest BCUT2D eigenvalue weighted by molar-refractivity contribution is 5.81. The van der Waals surface area contributed by atoms with Crippen LogP contribution in [0.15, 0.2) is 141 Å². The zero-order valence-corrected chi connectivity index (χ0v) is 22.3. The van der Waals surface area contributed by atoms with E-state index in [4.69, 9.17) is 0 Å². The quantitative estimate of drug-likeness (QED) is 0.190. The summed E-state index contributed by atoms with van der Waals surface area (Å²) < 4.78 is 0. The number of rotatable bonds is 8. The first-order valence-corrected chi connectivity index (χ1v) is 13.4. The number of benzene rings is 5. The minimum Gasteiger partial charge on any atom is -0.0985 e. The lowest BCUT2D eigenvalue weighted by molar-refractivity contribution is 0.734. The van der Waals surface area contributed by atoms with Crippen LogP contribution in [0.5, 0.6) is 0 Å². The van der Waals surface area contributed by atoms with Gasteiger partial charge in [-0.25, -0.2) is 0 Å². The normalized spacial score (nSPS) is 11.6. The zero-order chi connectivity index (χ0) is 26.5. The van der Waals surface area contributed by atoms with Crippen LogP contribution in [0.25, 0.3) is 50.1 Å². The van der Waals surface area contributed by atoms with Crippen molar-refractivity contribution in [3.05, 3.63) is 152 Å². The minimum atomic E-state index is 0.478. The van der Waals surface area contributed by atoms with Gasteiger partial charge in [0.2, 0.25) is 0 Å². The van der Waals surface area contributed by atoms with Crippen molar-refractivity contribution >= 4 is 5.57 Å². The molecule has 5 rings (SSSR count). The second-order valence-electron chi connectivity index (χ2n) is 9.99. The average Bonchev–Trinajstić information content (AvgIpc) is 3.00. The fourth-order valence-electron chi connectivity index (χ4n) is 4.91. The van der Waals surface area contributed by atoms with Gasteiger partial charge in [0, 0.05) is 0 Å². The van der Waals surface area contributed by atoms with Crippen molar-refractivity contribution in [2.24, 2.45) is 0 Å². The predicted octanol–water partition coefficient (Wildman–Crippen LogP) is 11.1. The molecular formula is C38H34. The van der Waals surface area contributed by atoms with E-state index in [2.05, 4.69) is 148 Å². The molecule has 0 heteroatoms. The van der Waals surface area contributed by atoms with Gasteiger partial charge in [0.15, 0.2) is 0 Å². The minimum absolute atomic E-state index is 0.478. The molecule has 0 saturated carbocycles. The Morgan fingerprint density at radius 3 is 1.58 bits per heavy atom. The second kappa shape index (κ2) is 11.3. The molecule has 0 fully saturated rings. The summed E-state index contributed by atoms with van der Waals surface area (Å²) in [6.45, 7) is 12.6. The topological polar surface area (TPSA) is 0 Å². The van der Waals surface area contributed by atoms with Crippen LogP contribution in [-0.4, -0.2) is 0 Å². The average molecular weight is 491 g/mol. The van der Waals surface area contributed by atoms with Gasteiger partial charge >= 0.3 is 0 Å². The van der Waals surface area contributed by atoms with E-state index in [1.54, 1.807) is 0 Å². The molecule has 1 atom stereocenters. The van der Waals surface area contributed by atoms with E-state index in [1.165, 1.54) is 50.1 Å². The van der Waals surface area contributed by atoms with Crippen LogP contribution in [0.4, 0.5) is 0 Å². The molecule has 0 spiro atoms. The molecule has 0 radical (unpaired) electrons. The summed E-state index contributed by atoms with van der Waals surface area (Å²) in [5.41, 5.74) is 13.2. The van der Waals surface area contributed by atoms with Gasteiger partial charge in [-0.05, 0) is 97.8 Å². The molecule has 0 amide bonds. The van der Waals surface area contributed by atoms with Crippen molar-refractivity contribution in [1.82, 2.24) is 0 Å². The third kappa shape index (κ3) is 5.45. The first-order valence-electron chi connectivity index (χ1n) is 13.4. The summed E-state index contributed by atoms with van der Waals surface area (Å²) in [7, 11) is 0. The maximum absolute atomic E-state index is 4.15. The molecule has 0 nitrogen and oxygen atoms in total. The summed E-state index contributed by atoms with van der Waals surface area (Å²) in [6.07, 6.45) is 2.92. The fourth-order valence-corrected chi connectivity index (χ4v) is 4.91. The summed E-state index contributed by atoms with van der Waals surface area (Å²) in [4.78, 5) is 0. The largest absolute Gasteiger partial charge is 0.0985 e.